The van der Waals surface area contributed by atoms with Crippen molar-refractivity contribution in [3.05, 3.63) is 0 Å². The molecule has 6 atom stereocenters. The van der Waals surface area contributed by atoms with Crippen molar-refractivity contribution >= 4 is 35.5 Å². The second-order valence-electron chi connectivity index (χ2n) is 7.40. The number of carboxylic acids is 1. The van der Waals surface area contributed by atoms with Crippen molar-refractivity contribution in [1.29, 1.82) is 0 Å². The molecule has 0 aliphatic carbocycles. The monoisotopic (exact) mass is 450 g/mol. The molecule has 11 nitrogen and oxygen atoms in total. The molecule has 12 heteroatoms. The standard InChI is InChI=1S/C18H34N4O7S/c1-8(2)13(16(26)20-11(18(28)29)6-7-30-5)21-17(27)14(10(4)24)22-15(25)12(19)9(3)23/h8-14,23-24H,6-7,19H2,1-5H3,(H,20,26)(H,21,27)(H,22,25)(H,28,29). The van der Waals surface area contributed by atoms with E-state index in [2.05, 4.69) is 16.0 Å². The van der Waals surface area contributed by atoms with Gasteiger partial charge in [0.05, 0.1) is 12.2 Å². The van der Waals surface area contributed by atoms with Gasteiger partial charge in [-0.2, -0.15) is 11.8 Å². The summed E-state index contributed by atoms with van der Waals surface area (Å²) in [5, 5.41) is 35.7. The zero-order valence-corrected chi connectivity index (χ0v) is 18.7. The summed E-state index contributed by atoms with van der Waals surface area (Å²) >= 11 is 1.44. The average molecular weight is 451 g/mol. The number of hydrogen-bond acceptors (Lipinski definition) is 8. The van der Waals surface area contributed by atoms with E-state index in [1.807, 2.05) is 6.26 Å². The van der Waals surface area contributed by atoms with Gasteiger partial charge in [-0.3, -0.25) is 14.4 Å². The number of hydrogen-bond donors (Lipinski definition) is 7. The Morgan fingerprint density at radius 1 is 0.867 bits per heavy atom. The first-order valence-electron chi connectivity index (χ1n) is 9.58. The molecule has 0 fully saturated rings. The third kappa shape index (κ3) is 9.28. The van der Waals surface area contributed by atoms with Crippen LogP contribution in [0.5, 0.6) is 0 Å². The molecule has 30 heavy (non-hydrogen) atoms. The molecule has 0 saturated heterocycles. The molecule has 0 saturated carbocycles. The largest absolute Gasteiger partial charge is 0.480 e. The minimum atomic E-state index is -1.43. The maximum Gasteiger partial charge on any atom is 0.326 e. The quantitative estimate of drug-likeness (QED) is 0.167. The highest BCUT2D eigenvalue weighted by molar-refractivity contribution is 7.98. The Kier molecular flexibility index (Phi) is 12.6. The predicted molar refractivity (Wildman–Crippen MR) is 113 cm³/mol. The summed E-state index contributed by atoms with van der Waals surface area (Å²) in [4.78, 5) is 48.7. The average Bonchev–Trinajstić information content (AvgIpc) is 2.65. The number of carbonyl (C=O) groups excluding carboxylic acids is 3. The third-order valence-electron chi connectivity index (χ3n) is 4.36. The summed E-state index contributed by atoms with van der Waals surface area (Å²) < 4.78 is 0. The number of rotatable bonds is 13. The third-order valence-corrected chi connectivity index (χ3v) is 5.00. The molecule has 6 unspecified atom stereocenters. The topological polar surface area (TPSA) is 191 Å². The highest BCUT2D eigenvalue weighted by Gasteiger charge is 2.34. The van der Waals surface area contributed by atoms with Gasteiger partial charge in [-0.05, 0) is 38.2 Å². The fraction of sp³-hybridized carbons (Fsp3) is 0.778. The lowest BCUT2D eigenvalue weighted by molar-refractivity contribution is -0.142. The van der Waals surface area contributed by atoms with Gasteiger partial charge in [-0.25, -0.2) is 4.79 Å². The normalized spacial score (nSPS) is 17.2. The zero-order chi connectivity index (χ0) is 23.6. The highest BCUT2D eigenvalue weighted by atomic mass is 32.2. The van der Waals surface area contributed by atoms with Crippen molar-refractivity contribution in [2.75, 3.05) is 12.0 Å². The molecule has 0 rings (SSSR count). The summed E-state index contributed by atoms with van der Waals surface area (Å²) in [5.74, 6) is -3.46. The Morgan fingerprint density at radius 2 is 1.37 bits per heavy atom. The van der Waals surface area contributed by atoms with E-state index in [4.69, 9.17) is 5.73 Å². The van der Waals surface area contributed by atoms with Crippen LogP contribution in [-0.4, -0.2) is 87.4 Å². The smallest absolute Gasteiger partial charge is 0.326 e. The van der Waals surface area contributed by atoms with Crippen LogP contribution in [0.1, 0.15) is 34.1 Å². The van der Waals surface area contributed by atoms with E-state index in [0.717, 1.165) is 0 Å². The van der Waals surface area contributed by atoms with E-state index in [0.29, 0.717) is 5.75 Å². The number of aliphatic hydroxyl groups is 2. The first kappa shape index (κ1) is 28.1. The number of carbonyl (C=O) groups is 4. The lowest BCUT2D eigenvalue weighted by atomic mass is 10.0. The number of nitrogens with two attached hydrogens (primary N) is 1. The number of aliphatic hydroxyl groups excluding tert-OH is 2. The fourth-order valence-corrected chi connectivity index (χ4v) is 2.88. The number of nitrogens with one attached hydrogen (secondary N) is 3. The number of thioether (sulfide) groups is 1. The van der Waals surface area contributed by atoms with E-state index >= 15 is 0 Å². The zero-order valence-electron chi connectivity index (χ0n) is 17.9. The van der Waals surface area contributed by atoms with Crippen molar-refractivity contribution < 1.29 is 34.5 Å². The van der Waals surface area contributed by atoms with Gasteiger partial charge in [0.25, 0.3) is 0 Å². The minimum absolute atomic E-state index is 0.213. The molecule has 3 amide bonds. The molecule has 0 aromatic rings. The van der Waals surface area contributed by atoms with Crippen molar-refractivity contribution in [2.24, 2.45) is 11.7 Å². The van der Waals surface area contributed by atoms with Crippen LogP contribution < -0.4 is 21.7 Å². The first-order valence-corrected chi connectivity index (χ1v) is 11.0. The summed E-state index contributed by atoms with van der Waals surface area (Å²) in [5.41, 5.74) is 5.53. The molecule has 0 bridgehead atoms. The highest BCUT2D eigenvalue weighted by Crippen LogP contribution is 2.07. The number of aliphatic carboxylic acids is 1. The van der Waals surface area contributed by atoms with Gasteiger partial charge in [0.15, 0.2) is 0 Å². The van der Waals surface area contributed by atoms with Crippen LogP contribution in [0.3, 0.4) is 0 Å². The fourth-order valence-electron chi connectivity index (χ4n) is 2.41. The maximum atomic E-state index is 12.6. The van der Waals surface area contributed by atoms with Crippen LogP contribution in [0.15, 0.2) is 0 Å². The summed E-state index contributed by atoms with van der Waals surface area (Å²) in [6.45, 7) is 5.88. The first-order chi connectivity index (χ1) is 13.8. The molecule has 0 radical (unpaired) electrons. The van der Waals surface area contributed by atoms with Crippen LogP contribution in [0.25, 0.3) is 0 Å². The van der Waals surface area contributed by atoms with Gasteiger partial charge in [-0.15, -0.1) is 0 Å². The Balaban J connectivity index is 5.32. The van der Waals surface area contributed by atoms with E-state index in [1.54, 1.807) is 13.8 Å². The van der Waals surface area contributed by atoms with Crippen molar-refractivity contribution in [1.82, 2.24) is 16.0 Å². The van der Waals surface area contributed by atoms with Crippen LogP contribution in [-0.2, 0) is 19.2 Å². The molecule has 0 heterocycles. The molecular weight excluding hydrogens is 416 g/mol. The lowest BCUT2D eigenvalue weighted by Gasteiger charge is -2.28. The Bertz CT molecular complexity index is 601. The van der Waals surface area contributed by atoms with Gasteiger partial charge < -0.3 is 37.0 Å². The van der Waals surface area contributed by atoms with Gasteiger partial charge in [0.2, 0.25) is 17.7 Å². The molecule has 0 aromatic heterocycles. The summed E-state index contributed by atoms with van der Waals surface area (Å²) in [6.07, 6.45) is -0.471. The molecule has 0 aliphatic heterocycles. The Labute approximate surface area is 180 Å². The minimum Gasteiger partial charge on any atom is -0.480 e. The predicted octanol–water partition coefficient (Wildman–Crippen LogP) is -1.98. The molecule has 8 N–H and O–H groups in total. The van der Waals surface area contributed by atoms with Crippen LogP contribution in [0.4, 0.5) is 0 Å². The van der Waals surface area contributed by atoms with Gasteiger partial charge in [0.1, 0.15) is 24.2 Å². The van der Waals surface area contributed by atoms with E-state index in [-0.39, 0.29) is 6.42 Å². The van der Waals surface area contributed by atoms with Gasteiger partial charge in [0, 0.05) is 0 Å². The Hall–Kier alpha value is -1.89. The van der Waals surface area contributed by atoms with Crippen molar-refractivity contribution in [3.63, 3.8) is 0 Å². The molecule has 0 aliphatic rings. The van der Waals surface area contributed by atoms with E-state index in [9.17, 15) is 34.5 Å². The molecular formula is C18H34N4O7S. The van der Waals surface area contributed by atoms with Crippen LogP contribution >= 0.6 is 11.8 Å². The summed E-state index contributed by atoms with van der Waals surface area (Å²) in [6, 6.07) is -4.95. The van der Waals surface area contributed by atoms with Crippen LogP contribution in [0, 0.1) is 5.92 Å². The molecule has 174 valence electrons. The molecule has 0 spiro atoms. The number of amides is 3. The Morgan fingerprint density at radius 3 is 1.77 bits per heavy atom. The van der Waals surface area contributed by atoms with Crippen LogP contribution in [0.2, 0.25) is 0 Å². The van der Waals surface area contributed by atoms with Gasteiger partial charge in [-0.1, -0.05) is 13.8 Å². The second kappa shape index (κ2) is 13.4. The summed E-state index contributed by atoms with van der Waals surface area (Å²) in [7, 11) is 0. The SMILES string of the molecule is CSCCC(NC(=O)C(NC(=O)C(NC(=O)C(N)C(C)O)C(C)O)C(C)C)C(=O)O. The van der Waals surface area contributed by atoms with Gasteiger partial charge >= 0.3 is 5.97 Å². The lowest BCUT2D eigenvalue weighted by Crippen LogP contribution is -2.61. The van der Waals surface area contributed by atoms with E-state index < -0.39 is 66.0 Å². The molecule has 0 aromatic carbocycles. The van der Waals surface area contributed by atoms with Crippen molar-refractivity contribution in [2.45, 2.75) is 70.5 Å². The number of carboxylic acid groups (broad SMARTS) is 1. The second-order valence-corrected chi connectivity index (χ2v) is 8.39. The van der Waals surface area contributed by atoms with Crippen molar-refractivity contribution in [3.8, 4) is 0 Å². The maximum absolute atomic E-state index is 12.6. The van der Waals surface area contributed by atoms with E-state index in [1.165, 1.54) is 25.6 Å².